The lowest BCUT2D eigenvalue weighted by Gasteiger charge is -2.18. The molecule has 18 heavy (non-hydrogen) atoms. The van der Waals surface area contributed by atoms with Gasteiger partial charge in [-0.05, 0) is 19.3 Å². The Morgan fingerprint density at radius 1 is 1.61 bits per heavy atom. The van der Waals surface area contributed by atoms with Gasteiger partial charge in [0.05, 0.1) is 12.1 Å². The average molecular weight is 250 g/mol. The summed E-state index contributed by atoms with van der Waals surface area (Å²) in [5, 5.41) is 3.30. The van der Waals surface area contributed by atoms with E-state index in [0.717, 1.165) is 25.1 Å². The molecule has 0 amide bonds. The molecule has 0 bridgehead atoms. The third-order valence-corrected chi connectivity index (χ3v) is 3.34. The molecular formula is C12H22N6. The van der Waals surface area contributed by atoms with Crippen LogP contribution < -0.4 is 16.6 Å². The first-order valence-corrected chi connectivity index (χ1v) is 6.63. The number of hydrazine groups is 1. The van der Waals surface area contributed by atoms with Crippen LogP contribution in [0.5, 0.6) is 0 Å². The van der Waals surface area contributed by atoms with Crippen molar-refractivity contribution in [3.05, 3.63) is 18.2 Å². The summed E-state index contributed by atoms with van der Waals surface area (Å²) in [6.45, 7) is 2.10. The van der Waals surface area contributed by atoms with Gasteiger partial charge < -0.3 is 10.3 Å². The summed E-state index contributed by atoms with van der Waals surface area (Å²) in [7, 11) is 0. The van der Waals surface area contributed by atoms with Gasteiger partial charge >= 0.3 is 0 Å². The number of rotatable bonds is 4. The number of nitrogens with one attached hydrogen (secondary N) is 3. The Hall–Kier alpha value is -1.56. The summed E-state index contributed by atoms with van der Waals surface area (Å²) in [6, 6.07) is 0.508. The van der Waals surface area contributed by atoms with Crippen molar-refractivity contribution in [3.8, 4) is 0 Å². The molecule has 1 unspecified atom stereocenters. The van der Waals surface area contributed by atoms with Gasteiger partial charge in [-0.15, -0.1) is 0 Å². The van der Waals surface area contributed by atoms with Crippen molar-refractivity contribution >= 4 is 5.96 Å². The molecule has 1 atom stereocenters. The highest BCUT2D eigenvalue weighted by molar-refractivity contribution is 5.79. The van der Waals surface area contributed by atoms with Crippen LogP contribution in [0.4, 0.5) is 0 Å². The van der Waals surface area contributed by atoms with Crippen LogP contribution in [-0.4, -0.2) is 22.0 Å². The highest BCUT2D eigenvalue weighted by atomic mass is 15.3. The van der Waals surface area contributed by atoms with Crippen LogP contribution in [0.15, 0.2) is 17.4 Å². The van der Waals surface area contributed by atoms with E-state index in [1.807, 2.05) is 6.20 Å². The van der Waals surface area contributed by atoms with Gasteiger partial charge in [-0.3, -0.25) is 5.43 Å². The lowest BCUT2D eigenvalue weighted by molar-refractivity contribution is 0.573. The first-order chi connectivity index (χ1) is 8.83. The van der Waals surface area contributed by atoms with Crippen LogP contribution >= 0.6 is 0 Å². The highest BCUT2D eigenvalue weighted by Crippen LogP contribution is 2.21. The van der Waals surface area contributed by atoms with Crippen molar-refractivity contribution in [2.75, 3.05) is 0 Å². The minimum atomic E-state index is 0.108. The maximum absolute atomic E-state index is 5.53. The van der Waals surface area contributed by atoms with E-state index < -0.39 is 0 Å². The number of aromatic nitrogens is 2. The number of nitrogens with zero attached hydrogens (tertiary/aromatic N) is 2. The molecule has 1 saturated carbocycles. The summed E-state index contributed by atoms with van der Waals surface area (Å²) in [5.41, 5.74) is 2.65. The number of imidazole rings is 1. The molecule has 1 aliphatic carbocycles. The van der Waals surface area contributed by atoms with Crippen LogP contribution in [0.25, 0.3) is 0 Å². The van der Waals surface area contributed by atoms with E-state index >= 15 is 0 Å². The molecule has 0 aromatic carbocycles. The van der Waals surface area contributed by atoms with Gasteiger partial charge in [0.15, 0.2) is 0 Å². The molecule has 5 N–H and O–H groups in total. The Balaban J connectivity index is 1.99. The Morgan fingerprint density at radius 2 is 2.39 bits per heavy atom. The highest BCUT2D eigenvalue weighted by Gasteiger charge is 2.17. The maximum Gasteiger partial charge on any atom is 0.206 e. The second-order valence-corrected chi connectivity index (χ2v) is 4.64. The Morgan fingerprint density at radius 3 is 2.94 bits per heavy atom. The minimum Gasteiger partial charge on any atom is -0.347 e. The summed E-state index contributed by atoms with van der Waals surface area (Å²) in [5.74, 6) is 7.10. The van der Waals surface area contributed by atoms with Crippen LogP contribution in [0.1, 0.15) is 50.9 Å². The fraction of sp³-hybridized carbons (Fsp3) is 0.667. The molecule has 0 aliphatic heterocycles. The summed E-state index contributed by atoms with van der Waals surface area (Å²) in [4.78, 5) is 12.0. The molecule has 100 valence electrons. The van der Waals surface area contributed by atoms with Crippen molar-refractivity contribution in [3.63, 3.8) is 0 Å². The molecule has 1 aromatic heterocycles. The Kier molecular flexibility index (Phi) is 4.58. The number of guanidine groups is 1. The van der Waals surface area contributed by atoms with Crippen molar-refractivity contribution in [1.82, 2.24) is 20.7 Å². The average Bonchev–Trinajstić information content (AvgIpc) is 3.07. The lowest BCUT2D eigenvalue weighted by atomic mass is 10.2. The fourth-order valence-corrected chi connectivity index (χ4v) is 2.33. The molecule has 6 nitrogen and oxygen atoms in total. The number of H-pyrrole nitrogens is 1. The van der Waals surface area contributed by atoms with Crippen LogP contribution in [0, 0.1) is 0 Å². The van der Waals surface area contributed by atoms with E-state index in [1.54, 1.807) is 6.20 Å². The van der Waals surface area contributed by atoms with Gasteiger partial charge in [0.2, 0.25) is 5.96 Å². The van der Waals surface area contributed by atoms with Gasteiger partial charge in [0.1, 0.15) is 5.82 Å². The Labute approximate surface area is 107 Å². The first-order valence-electron chi connectivity index (χ1n) is 6.63. The number of aliphatic imine (C=N–C) groups is 1. The van der Waals surface area contributed by atoms with E-state index in [9.17, 15) is 0 Å². The minimum absolute atomic E-state index is 0.108. The van der Waals surface area contributed by atoms with Gasteiger partial charge in [-0.25, -0.2) is 15.8 Å². The molecule has 0 spiro atoms. The van der Waals surface area contributed by atoms with E-state index in [-0.39, 0.29) is 6.04 Å². The summed E-state index contributed by atoms with van der Waals surface area (Å²) < 4.78 is 0. The second-order valence-electron chi connectivity index (χ2n) is 4.64. The zero-order valence-electron chi connectivity index (χ0n) is 10.8. The topological polar surface area (TPSA) is 91.1 Å². The predicted octanol–water partition coefficient (Wildman–Crippen LogP) is 1.21. The van der Waals surface area contributed by atoms with Gasteiger partial charge in [-0.2, -0.15) is 0 Å². The van der Waals surface area contributed by atoms with Gasteiger partial charge in [0.25, 0.3) is 0 Å². The molecule has 1 aliphatic rings. The van der Waals surface area contributed by atoms with E-state index in [4.69, 9.17) is 5.84 Å². The van der Waals surface area contributed by atoms with Crippen molar-refractivity contribution < 1.29 is 0 Å². The maximum atomic E-state index is 5.53. The quantitative estimate of drug-likeness (QED) is 0.280. The molecule has 6 heteroatoms. The van der Waals surface area contributed by atoms with Crippen molar-refractivity contribution in [2.24, 2.45) is 10.8 Å². The molecule has 0 saturated heterocycles. The second kappa shape index (κ2) is 6.39. The third-order valence-electron chi connectivity index (χ3n) is 3.34. The third kappa shape index (κ3) is 3.22. The number of hydrogen-bond donors (Lipinski definition) is 4. The Bertz CT molecular complexity index is 366. The number of aromatic amines is 1. The van der Waals surface area contributed by atoms with Crippen molar-refractivity contribution in [1.29, 1.82) is 0 Å². The molecular weight excluding hydrogens is 228 g/mol. The molecule has 1 fully saturated rings. The molecule has 1 heterocycles. The van der Waals surface area contributed by atoms with E-state index in [2.05, 4.69) is 32.6 Å². The van der Waals surface area contributed by atoms with Crippen LogP contribution in [-0.2, 0) is 0 Å². The van der Waals surface area contributed by atoms with E-state index in [0.29, 0.717) is 12.0 Å². The van der Waals surface area contributed by atoms with Gasteiger partial charge in [0, 0.05) is 12.4 Å². The summed E-state index contributed by atoms with van der Waals surface area (Å²) in [6.07, 6.45) is 9.34. The largest absolute Gasteiger partial charge is 0.347 e. The zero-order chi connectivity index (χ0) is 12.8. The molecule has 2 rings (SSSR count). The lowest BCUT2D eigenvalue weighted by Crippen LogP contribution is -2.44. The first kappa shape index (κ1) is 12.9. The smallest absolute Gasteiger partial charge is 0.206 e. The SMILES string of the molecule is CCC(NC(=NC1CCCC1)NN)c1ncc[nH]1. The van der Waals surface area contributed by atoms with Gasteiger partial charge in [-0.1, -0.05) is 19.8 Å². The normalized spacial score (nSPS) is 18.9. The molecule has 1 aromatic rings. The number of nitrogens with two attached hydrogens (primary N) is 1. The zero-order valence-corrected chi connectivity index (χ0v) is 10.8. The molecule has 0 radical (unpaired) electrons. The fourth-order valence-electron chi connectivity index (χ4n) is 2.33. The van der Waals surface area contributed by atoms with Crippen molar-refractivity contribution in [2.45, 2.75) is 51.1 Å². The van der Waals surface area contributed by atoms with Crippen LogP contribution in [0.3, 0.4) is 0 Å². The monoisotopic (exact) mass is 250 g/mol. The number of hydrogen-bond acceptors (Lipinski definition) is 3. The van der Waals surface area contributed by atoms with E-state index in [1.165, 1.54) is 12.8 Å². The summed E-state index contributed by atoms with van der Waals surface area (Å²) >= 11 is 0. The predicted molar refractivity (Wildman–Crippen MR) is 71.8 cm³/mol. The van der Waals surface area contributed by atoms with Crippen LogP contribution in [0.2, 0.25) is 0 Å². The standard InChI is InChI=1S/C12H22N6/c1-2-10(11-14-7-8-15-11)17-12(18-13)16-9-5-3-4-6-9/h7-10H,2-6,13H2,1H3,(H,14,15)(H2,16,17,18).